The van der Waals surface area contributed by atoms with E-state index in [4.69, 9.17) is 19.2 Å². The van der Waals surface area contributed by atoms with Crippen LogP contribution in [0.15, 0.2) is 56.8 Å². The van der Waals surface area contributed by atoms with Crippen LogP contribution in [0.25, 0.3) is 6.08 Å². The van der Waals surface area contributed by atoms with Gasteiger partial charge in [0.25, 0.3) is 5.56 Å². The molecule has 0 saturated carbocycles. The number of aromatic nitrogens is 1. The zero-order chi connectivity index (χ0) is 24.2. The molecule has 2 aromatic heterocycles. The Labute approximate surface area is 205 Å². The smallest absolute Gasteiger partial charge is 0.338 e. The average molecular weight is 499 g/mol. The van der Waals surface area contributed by atoms with Crippen molar-refractivity contribution < 1.29 is 19.0 Å². The third-order valence-corrected chi connectivity index (χ3v) is 7.24. The standard InChI is InChI=1S/C25H26N2O5S2/c1-5-8-18-21(24(29)32-6-2)22(17-13-15(30-3)10-11-19(17)31-4)27-23(28)20(34-25(27)26-18)14-16-9-7-12-33-16/h7,9-14,22H,5-6,8H2,1-4H3/b20-14+. The van der Waals surface area contributed by atoms with Crippen LogP contribution in [-0.4, -0.2) is 31.4 Å². The van der Waals surface area contributed by atoms with Gasteiger partial charge >= 0.3 is 5.97 Å². The molecule has 0 spiro atoms. The fourth-order valence-electron chi connectivity index (χ4n) is 3.97. The van der Waals surface area contributed by atoms with Crippen LogP contribution in [0, 0.1) is 0 Å². The van der Waals surface area contributed by atoms with Crippen LogP contribution in [0.2, 0.25) is 0 Å². The van der Waals surface area contributed by atoms with Gasteiger partial charge in [-0.05, 0) is 49.1 Å². The number of methoxy groups -OCH3 is 2. The van der Waals surface area contributed by atoms with Crippen molar-refractivity contribution in [2.45, 2.75) is 32.7 Å². The predicted molar refractivity (Wildman–Crippen MR) is 133 cm³/mol. The molecule has 9 heteroatoms. The highest BCUT2D eigenvalue weighted by atomic mass is 32.1. The van der Waals surface area contributed by atoms with Gasteiger partial charge in [-0.2, -0.15) is 0 Å². The normalized spacial score (nSPS) is 15.6. The van der Waals surface area contributed by atoms with E-state index in [0.717, 1.165) is 11.3 Å². The van der Waals surface area contributed by atoms with Crippen LogP contribution in [-0.2, 0) is 9.53 Å². The topological polar surface area (TPSA) is 79.1 Å². The van der Waals surface area contributed by atoms with Crippen LogP contribution in [0.1, 0.15) is 43.2 Å². The first-order valence-corrected chi connectivity index (χ1v) is 12.7. The number of esters is 1. The Morgan fingerprint density at radius 3 is 2.68 bits per heavy atom. The molecule has 34 heavy (non-hydrogen) atoms. The van der Waals surface area contributed by atoms with E-state index in [1.54, 1.807) is 55.2 Å². The summed E-state index contributed by atoms with van der Waals surface area (Å²) in [6.07, 6.45) is 3.22. The number of hydrogen-bond acceptors (Lipinski definition) is 8. The van der Waals surface area contributed by atoms with Gasteiger partial charge in [-0.15, -0.1) is 11.3 Å². The quantitative estimate of drug-likeness (QED) is 0.443. The number of allylic oxidation sites excluding steroid dienone is 1. The highest BCUT2D eigenvalue weighted by molar-refractivity contribution is 7.11. The van der Waals surface area contributed by atoms with Crippen molar-refractivity contribution in [3.63, 3.8) is 0 Å². The third-order valence-electron chi connectivity index (χ3n) is 5.44. The summed E-state index contributed by atoms with van der Waals surface area (Å²) in [5.74, 6) is 0.643. The van der Waals surface area contributed by atoms with Crippen molar-refractivity contribution in [3.8, 4) is 11.5 Å². The molecule has 0 fully saturated rings. The number of carbonyl (C=O) groups is 1. The summed E-state index contributed by atoms with van der Waals surface area (Å²) in [5, 5.41) is 1.96. The monoisotopic (exact) mass is 498 g/mol. The maximum absolute atomic E-state index is 13.7. The first-order chi connectivity index (χ1) is 16.5. The van der Waals surface area contributed by atoms with Crippen LogP contribution >= 0.6 is 22.7 Å². The molecule has 0 N–H and O–H groups in total. The van der Waals surface area contributed by atoms with Crippen LogP contribution in [0.4, 0.5) is 0 Å². The van der Waals surface area contributed by atoms with Gasteiger partial charge in [-0.25, -0.2) is 9.79 Å². The highest BCUT2D eigenvalue weighted by Gasteiger charge is 2.36. The van der Waals surface area contributed by atoms with Gasteiger partial charge in [0, 0.05) is 10.4 Å². The molecule has 1 aromatic carbocycles. The SMILES string of the molecule is CCCC1=C(C(=O)OCC)C(c2cc(OC)ccc2OC)n2c(s/c(=C/c3cccs3)c2=O)=N1. The molecule has 3 heterocycles. The fraction of sp³-hybridized carbons (Fsp3) is 0.320. The van der Waals surface area contributed by atoms with Crippen molar-refractivity contribution in [1.82, 2.24) is 4.57 Å². The summed E-state index contributed by atoms with van der Waals surface area (Å²) in [6.45, 7) is 4.00. The molecular weight excluding hydrogens is 472 g/mol. The summed E-state index contributed by atoms with van der Waals surface area (Å²) in [5.41, 5.74) is 1.40. The van der Waals surface area contributed by atoms with Gasteiger partial charge < -0.3 is 14.2 Å². The molecule has 0 aliphatic carbocycles. The minimum atomic E-state index is -0.757. The molecule has 0 radical (unpaired) electrons. The van der Waals surface area contributed by atoms with Gasteiger partial charge in [0.2, 0.25) is 0 Å². The predicted octanol–water partition coefficient (Wildman–Crippen LogP) is 3.66. The van der Waals surface area contributed by atoms with E-state index in [1.165, 1.54) is 11.3 Å². The number of fused-ring (bicyclic) bond motifs is 1. The zero-order valence-corrected chi connectivity index (χ0v) is 21.1. The molecule has 178 valence electrons. The summed E-state index contributed by atoms with van der Waals surface area (Å²) in [6, 6.07) is 8.50. The lowest BCUT2D eigenvalue weighted by molar-refractivity contribution is -0.139. The van der Waals surface area contributed by atoms with Crippen molar-refractivity contribution in [3.05, 3.63) is 77.1 Å². The Kier molecular flexibility index (Phi) is 7.33. The lowest BCUT2D eigenvalue weighted by Crippen LogP contribution is -2.40. The van der Waals surface area contributed by atoms with E-state index in [0.29, 0.717) is 44.1 Å². The fourth-order valence-corrected chi connectivity index (χ4v) is 5.71. The number of rotatable bonds is 8. The van der Waals surface area contributed by atoms with Crippen molar-refractivity contribution in [1.29, 1.82) is 0 Å². The van der Waals surface area contributed by atoms with Gasteiger partial charge in [0.15, 0.2) is 4.80 Å². The molecule has 0 bridgehead atoms. The summed E-state index contributed by atoms with van der Waals surface area (Å²) < 4.78 is 18.7. The molecule has 1 unspecified atom stereocenters. The molecular formula is C25H26N2O5S2. The number of thiazole rings is 1. The molecule has 0 saturated heterocycles. The Hall–Kier alpha value is -3.17. The second kappa shape index (κ2) is 10.4. The largest absolute Gasteiger partial charge is 0.497 e. The maximum Gasteiger partial charge on any atom is 0.338 e. The lowest BCUT2D eigenvalue weighted by Gasteiger charge is -2.27. The Morgan fingerprint density at radius 2 is 2.03 bits per heavy atom. The summed E-state index contributed by atoms with van der Waals surface area (Å²) >= 11 is 2.87. The highest BCUT2D eigenvalue weighted by Crippen LogP contribution is 2.38. The van der Waals surface area contributed by atoms with E-state index in [9.17, 15) is 9.59 Å². The number of ether oxygens (including phenoxy) is 3. The van der Waals surface area contributed by atoms with Crippen molar-refractivity contribution in [2.75, 3.05) is 20.8 Å². The van der Waals surface area contributed by atoms with Gasteiger partial charge in [-0.1, -0.05) is 30.7 Å². The first-order valence-electron chi connectivity index (χ1n) is 11.0. The van der Waals surface area contributed by atoms with Gasteiger partial charge in [0.05, 0.1) is 36.6 Å². The lowest BCUT2D eigenvalue weighted by atomic mass is 9.93. The van der Waals surface area contributed by atoms with Crippen molar-refractivity contribution in [2.24, 2.45) is 4.99 Å². The number of benzene rings is 1. The second-order valence-electron chi connectivity index (χ2n) is 7.54. The minimum Gasteiger partial charge on any atom is -0.497 e. The van der Waals surface area contributed by atoms with E-state index >= 15 is 0 Å². The number of nitrogens with zero attached hydrogens (tertiary/aromatic N) is 2. The van der Waals surface area contributed by atoms with Crippen LogP contribution in [0.5, 0.6) is 11.5 Å². The Bertz CT molecular complexity index is 1400. The van der Waals surface area contributed by atoms with Crippen molar-refractivity contribution >= 4 is 34.7 Å². The second-order valence-corrected chi connectivity index (χ2v) is 9.53. The summed E-state index contributed by atoms with van der Waals surface area (Å²) in [4.78, 5) is 33.3. The number of hydrogen-bond donors (Lipinski definition) is 0. The average Bonchev–Trinajstić information content (AvgIpc) is 3.46. The third kappa shape index (κ3) is 4.45. The molecule has 0 amide bonds. The van der Waals surface area contributed by atoms with E-state index in [2.05, 4.69) is 0 Å². The molecule has 1 atom stereocenters. The molecule has 1 aliphatic heterocycles. The first kappa shape index (κ1) is 24.0. The maximum atomic E-state index is 13.7. The number of thiophene rings is 1. The summed E-state index contributed by atoms with van der Waals surface area (Å²) in [7, 11) is 3.13. The molecule has 4 rings (SSSR count). The Morgan fingerprint density at radius 1 is 1.21 bits per heavy atom. The van der Waals surface area contributed by atoms with Gasteiger partial charge in [0.1, 0.15) is 17.5 Å². The van der Waals surface area contributed by atoms with E-state index < -0.39 is 12.0 Å². The minimum absolute atomic E-state index is 0.215. The Balaban J connectivity index is 2.07. The van der Waals surface area contributed by atoms with Crippen LogP contribution in [0.3, 0.4) is 0 Å². The van der Waals surface area contributed by atoms with E-state index in [1.807, 2.05) is 30.5 Å². The van der Waals surface area contributed by atoms with Gasteiger partial charge in [-0.3, -0.25) is 9.36 Å². The molecule has 7 nitrogen and oxygen atoms in total. The number of carbonyl (C=O) groups excluding carboxylic acids is 1. The molecule has 1 aliphatic rings. The zero-order valence-electron chi connectivity index (χ0n) is 19.5. The van der Waals surface area contributed by atoms with E-state index in [-0.39, 0.29) is 12.2 Å². The molecule has 3 aromatic rings. The van der Waals surface area contributed by atoms with Crippen LogP contribution < -0.4 is 24.4 Å².